The predicted molar refractivity (Wildman–Crippen MR) is 75.4 cm³/mol. The third-order valence-electron chi connectivity index (χ3n) is 2.61. The highest BCUT2D eigenvalue weighted by atomic mass is 35.5. The van der Waals surface area contributed by atoms with Crippen LogP contribution in [-0.2, 0) is 9.53 Å². The molecule has 2 N–H and O–H groups in total. The number of hydrogen-bond donors (Lipinski definition) is 1. The highest BCUT2D eigenvalue weighted by Crippen LogP contribution is 2.30. The van der Waals surface area contributed by atoms with Crippen molar-refractivity contribution in [2.24, 2.45) is 5.73 Å². The second kappa shape index (κ2) is 8.38. The van der Waals surface area contributed by atoms with Crippen LogP contribution in [0.25, 0.3) is 0 Å². The van der Waals surface area contributed by atoms with Gasteiger partial charge in [-0.15, -0.1) is 12.4 Å². The lowest BCUT2D eigenvalue weighted by atomic mass is 10.0. The van der Waals surface area contributed by atoms with Crippen molar-refractivity contribution in [1.29, 1.82) is 0 Å². The van der Waals surface area contributed by atoms with Gasteiger partial charge < -0.3 is 15.2 Å². The number of nitro groups is 1. The molecule has 1 rings (SSSR count). The number of nitrogens with two attached hydrogens (primary N) is 1. The molecule has 0 radical (unpaired) electrons. The van der Waals surface area contributed by atoms with Crippen LogP contribution < -0.4 is 10.5 Å². The van der Waals surface area contributed by atoms with Crippen LogP contribution in [0.1, 0.15) is 18.5 Å². The summed E-state index contributed by atoms with van der Waals surface area (Å²) in [6, 6.07) is 2.39. The zero-order valence-corrected chi connectivity index (χ0v) is 12.3. The molecule has 1 aromatic rings. The van der Waals surface area contributed by atoms with Gasteiger partial charge in [0, 0.05) is 6.07 Å². The minimum atomic E-state index is -2.09. The molecule has 0 fully saturated rings. The van der Waals surface area contributed by atoms with Gasteiger partial charge >= 0.3 is 11.7 Å². The Kier molecular flexibility index (Phi) is 7.61. The largest absolute Gasteiger partial charge is 0.490 e. The Morgan fingerprint density at radius 3 is 2.62 bits per heavy atom. The lowest BCUT2D eigenvalue weighted by Gasteiger charge is -2.16. The first-order valence-electron chi connectivity index (χ1n) is 5.81. The van der Waals surface area contributed by atoms with E-state index in [0.717, 1.165) is 6.07 Å². The molecule has 9 heteroatoms. The fourth-order valence-corrected chi connectivity index (χ4v) is 1.59. The van der Waals surface area contributed by atoms with Crippen molar-refractivity contribution >= 4 is 24.1 Å². The lowest BCUT2D eigenvalue weighted by Crippen LogP contribution is -2.31. The SMILES string of the molecule is CCOC(=O)C(F)[C@H](N)c1ccc(OC)c([N+](=O)[O-])c1.Cl. The summed E-state index contributed by atoms with van der Waals surface area (Å²) in [7, 11) is 1.28. The van der Waals surface area contributed by atoms with Crippen molar-refractivity contribution in [3.8, 4) is 5.75 Å². The fourth-order valence-electron chi connectivity index (χ4n) is 1.59. The summed E-state index contributed by atoms with van der Waals surface area (Å²) in [6.07, 6.45) is -2.09. The van der Waals surface area contributed by atoms with Crippen molar-refractivity contribution in [2.45, 2.75) is 19.1 Å². The van der Waals surface area contributed by atoms with Crippen LogP contribution in [0.15, 0.2) is 18.2 Å². The molecule has 7 nitrogen and oxygen atoms in total. The summed E-state index contributed by atoms with van der Waals surface area (Å²) in [6.45, 7) is 1.56. The van der Waals surface area contributed by atoms with E-state index in [0.29, 0.717) is 0 Å². The first kappa shape index (κ1) is 19.1. The lowest BCUT2D eigenvalue weighted by molar-refractivity contribution is -0.385. The van der Waals surface area contributed by atoms with Gasteiger partial charge in [-0.2, -0.15) is 0 Å². The van der Waals surface area contributed by atoms with Gasteiger partial charge in [-0.3, -0.25) is 10.1 Å². The minimum Gasteiger partial charge on any atom is -0.490 e. The van der Waals surface area contributed by atoms with Crippen molar-refractivity contribution < 1.29 is 23.6 Å². The number of benzene rings is 1. The second-order valence-corrected chi connectivity index (χ2v) is 3.87. The third kappa shape index (κ3) is 4.54. The zero-order chi connectivity index (χ0) is 15.3. The smallest absolute Gasteiger partial charge is 0.342 e. The number of halogens is 2. The average molecular weight is 323 g/mol. The van der Waals surface area contributed by atoms with Crippen LogP contribution in [0.3, 0.4) is 0 Å². The van der Waals surface area contributed by atoms with Crippen molar-refractivity contribution in [3.05, 3.63) is 33.9 Å². The number of nitrogens with zero attached hydrogens (tertiary/aromatic N) is 1. The molecule has 0 heterocycles. The maximum Gasteiger partial charge on any atom is 0.342 e. The molecule has 0 amide bonds. The molecule has 0 spiro atoms. The summed E-state index contributed by atoms with van der Waals surface area (Å²) in [5, 5.41) is 10.9. The summed E-state index contributed by atoms with van der Waals surface area (Å²) in [4.78, 5) is 21.5. The van der Waals surface area contributed by atoms with Gasteiger partial charge in [0.15, 0.2) is 5.75 Å². The molecule has 0 saturated heterocycles. The molecule has 0 aliphatic heterocycles. The molecule has 0 aliphatic carbocycles. The first-order chi connectivity index (χ1) is 9.42. The normalized spacial score (nSPS) is 12.8. The number of ether oxygens (including phenoxy) is 2. The van der Waals surface area contributed by atoms with E-state index in [1.54, 1.807) is 0 Å². The quantitative estimate of drug-likeness (QED) is 0.487. The number of carbonyl (C=O) groups excluding carboxylic acids is 1. The Labute approximate surface area is 126 Å². The molecule has 0 saturated carbocycles. The van der Waals surface area contributed by atoms with Crippen LogP contribution in [-0.4, -0.2) is 30.8 Å². The van der Waals surface area contributed by atoms with E-state index in [9.17, 15) is 19.3 Å². The minimum absolute atomic E-state index is 0. The fraction of sp³-hybridized carbons (Fsp3) is 0.417. The Morgan fingerprint density at radius 1 is 1.52 bits per heavy atom. The maximum absolute atomic E-state index is 13.8. The van der Waals surface area contributed by atoms with E-state index in [4.69, 9.17) is 10.5 Å². The summed E-state index contributed by atoms with van der Waals surface area (Å²) < 4.78 is 23.1. The van der Waals surface area contributed by atoms with E-state index in [1.165, 1.54) is 26.2 Å². The summed E-state index contributed by atoms with van der Waals surface area (Å²) in [5.74, 6) is -1.07. The monoisotopic (exact) mass is 322 g/mol. The van der Waals surface area contributed by atoms with Crippen LogP contribution >= 0.6 is 12.4 Å². The summed E-state index contributed by atoms with van der Waals surface area (Å²) in [5.41, 5.74) is 5.35. The highest BCUT2D eigenvalue weighted by molar-refractivity contribution is 5.85. The Balaban J connectivity index is 0.00000400. The number of nitro benzene ring substituents is 1. The maximum atomic E-state index is 13.8. The van der Waals surface area contributed by atoms with E-state index >= 15 is 0 Å². The van der Waals surface area contributed by atoms with Crippen molar-refractivity contribution in [1.82, 2.24) is 0 Å². The molecule has 0 bridgehead atoms. The molecule has 1 aromatic carbocycles. The second-order valence-electron chi connectivity index (χ2n) is 3.87. The van der Waals surface area contributed by atoms with Gasteiger partial charge in [0.1, 0.15) is 0 Å². The number of rotatable bonds is 6. The Bertz CT molecular complexity index is 514. The van der Waals surface area contributed by atoms with Crippen LogP contribution in [0.5, 0.6) is 5.75 Å². The first-order valence-corrected chi connectivity index (χ1v) is 5.81. The van der Waals surface area contributed by atoms with Gasteiger partial charge in [0.05, 0.1) is 24.7 Å². The van der Waals surface area contributed by atoms with Gasteiger partial charge in [0.25, 0.3) is 0 Å². The number of hydrogen-bond acceptors (Lipinski definition) is 6. The standard InChI is InChI=1S/C12H15FN2O5.ClH/c1-3-20-12(16)10(13)11(14)7-4-5-9(19-2)8(6-7)15(17)18;/h4-6,10-11H,3,14H2,1-2H3;1H/t10?,11-;/m1./s1. The number of carbonyl (C=O) groups is 1. The van der Waals surface area contributed by atoms with E-state index < -0.39 is 23.1 Å². The van der Waals surface area contributed by atoms with Gasteiger partial charge in [0.2, 0.25) is 6.17 Å². The van der Waals surface area contributed by atoms with E-state index in [-0.39, 0.29) is 36.0 Å². The van der Waals surface area contributed by atoms with Crippen LogP contribution in [0, 0.1) is 10.1 Å². The molecule has 21 heavy (non-hydrogen) atoms. The van der Waals surface area contributed by atoms with Gasteiger partial charge in [-0.25, -0.2) is 9.18 Å². The number of esters is 1. The number of methoxy groups -OCH3 is 1. The van der Waals surface area contributed by atoms with Gasteiger partial charge in [-0.05, 0) is 18.6 Å². The topological polar surface area (TPSA) is 105 Å². The molecule has 2 atom stereocenters. The highest BCUT2D eigenvalue weighted by Gasteiger charge is 2.29. The van der Waals surface area contributed by atoms with Crippen LogP contribution in [0.4, 0.5) is 10.1 Å². The molecule has 118 valence electrons. The zero-order valence-electron chi connectivity index (χ0n) is 11.4. The van der Waals surface area contributed by atoms with Crippen molar-refractivity contribution in [2.75, 3.05) is 13.7 Å². The molecule has 1 unspecified atom stereocenters. The average Bonchev–Trinajstić information content (AvgIpc) is 2.45. The van der Waals surface area contributed by atoms with Gasteiger partial charge in [-0.1, -0.05) is 6.07 Å². The Morgan fingerprint density at radius 2 is 2.14 bits per heavy atom. The molecular weight excluding hydrogens is 307 g/mol. The van der Waals surface area contributed by atoms with Crippen LogP contribution in [0.2, 0.25) is 0 Å². The summed E-state index contributed by atoms with van der Waals surface area (Å²) >= 11 is 0. The number of alkyl halides is 1. The predicted octanol–water partition coefficient (Wildman–Crippen LogP) is 1.93. The van der Waals surface area contributed by atoms with E-state index in [2.05, 4.69) is 4.74 Å². The van der Waals surface area contributed by atoms with E-state index in [1.807, 2.05) is 0 Å². The Hall–Kier alpha value is -1.93. The molecule has 0 aromatic heterocycles. The molecular formula is C12H16ClFN2O5. The molecule has 0 aliphatic rings. The van der Waals surface area contributed by atoms with Crippen molar-refractivity contribution in [3.63, 3.8) is 0 Å². The third-order valence-corrected chi connectivity index (χ3v) is 2.61.